The quantitative estimate of drug-likeness (QED) is 0.810. The predicted molar refractivity (Wildman–Crippen MR) is 66.5 cm³/mol. The third-order valence-corrected chi connectivity index (χ3v) is 4.54. The number of benzene rings is 1. The number of hydrogen-bond donors (Lipinski definition) is 0. The van der Waals surface area contributed by atoms with Gasteiger partial charge in [0.15, 0.2) is 11.3 Å². The van der Waals surface area contributed by atoms with Crippen molar-refractivity contribution < 1.29 is 13.2 Å². The van der Waals surface area contributed by atoms with Gasteiger partial charge < -0.3 is 0 Å². The Labute approximate surface area is 109 Å². The van der Waals surface area contributed by atoms with Crippen LogP contribution in [0.15, 0.2) is 52.5 Å². The largest absolute Gasteiger partial charge is 0.298 e. The van der Waals surface area contributed by atoms with Crippen molar-refractivity contribution in [2.24, 2.45) is 0 Å². The van der Waals surface area contributed by atoms with E-state index in [1.54, 1.807) is 12.1 Å². The minimum Gasteiger partial charge on any atom is -0.298 e. The van der Waals surface area contributed by atoms with E-state index in [0.29, 0.717) is 6.29 Å². The molecule has 0 amide bonds. The van der Waals surface area contributed by atoms with Crippen LogP contribution in [-0.2, 0) is 9.84 Å². The maximum Gasteiger partial charge on any atom is 0.226 e. The summed E-state index contributed by atoms with van der Waals surface area (Å²) >= 11 is 5.86. The SMILES string of the molecule is O=Cc1cccnc1S(=O)(=O)c1ccccc1Cl. The zero-order valence-corrected chi connectivity index (χ0v) is 10.6. The molecule has 0 aliphatic heterocycles. The number of aromatic nitrogens is 1. The van der Waals surface area contributed by atoms with Crippen molar-refractivity contribution >= 4 is 27.7 Å². The lowest BCUT2D eigenvalue weighted by molar-refractivity contribution is 0.112. The molecule has 18 heavy (non-hydrogen) atoms. The summed E-state index contributed by atoms with van der Waals surface area (Å²) in [5.41, 5.74) is 0.0115. The number of aldehydes is 1. The van der Waals surface area contributed by atoms with E-state index in [1.807, 2.05) is 0 Å². The number of sulfone groups is 1. The maximum absolute atomic E-state index is 12.3. The van der Waals surface area contributed by atoms with Gasteiger partial charge in [-0.3, -0.25) is 4.79 Å². The Kier molecular flexibility index (Phi) is 3.45. The van der Waals surface area contributed by atoms with Crippen LogP contribution in [0.25, 0.3) is 0 Å². The molecule has 0 saturated heterocycles. The van der Waals surface area contributed by atoms with E-state index in [-0.39, 0.29) is 20.5 Å². The van der Waals surface area contributed by atoms with Crippen molar-refractivity contribution in [2.45, 2.75) is 9.92 Å². The first-order valence-electron chi connectivity index (χ1n) is 4.97. The summed E-state index contributed by atoms with van der Waals surface area (Å²) in [6, 6.07) is 8.92. The lowest BCUT2D eigenvalue weighted by Gasteiger charge is -2.07. The zero-order chi connectivity index (χ0) is 13.2. The maximum atomic E-state index is 12.3. The first-order chi connectivity index (χ1) is 8.57. The average Bonchev–Trinajstić information content (AvgIpc) is 2.39. The van der Waals surface area contributed by atoms with Gasteiger partial charge in [0, 0.05) is 6.20 Å². The summed E-state index contributed by atoms with van der Waals surface area (Å²) < 4.78 is 24.7. The standard InChI is InChI=1S/C12H8ClNO3S/c13-10-5-1-2-6-11(10)18(16,17)12-9(8-15)4-3-7-14-12/h1-8H. The molecular weight excluding hydrogens is 274 g/mol. The van der Waals surface area contributed by atoms with Crippen molar-refractivity contribution in [1.29, 1.82) is 0 Å². The van der Waals surface area contributed by atoms with Gasteiger partial charge in [0.1, 0.15) is 0 Å². The number of rotatable bonds is 3. The second kappa shape index (κ2) is 4.88. The number of hydrogen-bond acceptors (Lipinski definition) is 4. The summed E-state index contributed by atoms with van der Waals surface area (Å²) in [6.45, 7) is 0. The van der Waals surface area contributed by atoms with Crippen LogP contribution in [0.5, 0.6) is 0 Å². The van der Waals surface area contributed by atoms with E-state index in [1.165, 1.54) is 30.5 Å². The van der Waals surface area contributed by atoms with Gasteiger partial charge in [0.05, 0.1) is 15.5 Å². The first kappa shape index (κ1) is 12.7. The number of carbonyl (C=O) groups excluding carboxylic acids is 1. The summed E-state index contributed by atoms with van der Waals surface area (Å²) in [6.07, 6.45) is 1.77. The van der Waals surface area contributed by atoms with Crippen LogP contribution < -0.4 is 0 Å². The summed E-state index contributed by atoms with van der Waals surface area (Å²) in [5, 5.41) is -0.187. The lowest BCUT2D eigenvalue weighted by atomic mass is 10.3. The van der Waals surface area contributed by atoms with Gasteiger partial charge >= 0.3 is 0 Å². The van der Waals surface area contributed by atoms with Gasteiger partial charge in [0.25, 0.3) is 0 Å². The zero-order valence-electron chi connectivity index (χ0n) is 9.08. The van der Waals surface area contributed by atoms with Crippen LogP contribution in [0, 0.1) is 0 Å². The third kappa shape index (κ3) is 2.14. The molecule has 0 spiro atoms. The second-order valence-electron chi connectivity index (χ2n) is 3.45. The molecule has 0 aliphatic rings. The molecule has 0 fully saturated rings. The van der Waals surface area contributed by atoms with Crippen LogP contribution in [0.3, 0.4) is 0 Å². The Bertz CT molecular complexity index is 698. The number of halogens is 1. The highest BCUT2D eigenvalue weighted by atomic mass is 35.5. The van der Waals surface area contributed by atoms with Crippen molar-refractivity contribution in [3.05, 3.63) is 53.2 Å². The van der Waals surface area contributed by atoms with Crippen LogP contribution in [0.4, 0.5) is 0 Å². The second-order valence-corrected chi connectivity index (χ2v) is 5.69. The number of nitrogens with zero attached hydrogens (tertiary/aromatic N) is 1. The minimum absolute atomic E-state index is 0.0115. The number of pyridine rings is 1. The molecule has 0 saturated carbocycles. The molecule has 4 nitrogen and oxygen atoms in total. The fourth-order valence-electron chi connectivity index (χ4n) is 1.48. The number of carbonyl (C=O) groups is 1. The molecule has 2 aromatic rings. The van der Waals surface area contributed by atoms with E-state index in [9.17, 15) is 13.2 Å². The van der Waals surface area contributed by atoms with Crippen LogP contribution in [0.2, 0.25) is 5.02 Å². The van der Waals surface area contributed by atoms with Gasteiger partial charge in [-0.25, -0.2) is 13.4 Å². The van der Waals surface area contributed by atoms with Crippen LogP contribution in [-0.4, -0.2) is 19.7 Å². The monoisotopic (exact) mass is 281 g/mol. The molecule has 6 heteroatoms. The van der Waals surface area contributed by atoms with Gasteiger partial charge in [0.2, 0.25) is 9.84 Å². The highest BCUT2D eigenvalue weighted by Gasteiger charge is 2.24. The molecule has 1 aromatic carbocycles. The molecule has 0 N–H and O–H groups in total. The Morgan fingerprint density at radius 3 is 2.50 bits per heavy atom. The molecule has 2 rings (SSSR count). The van der Waals surface area contributed by atoms with Gasteiger partial charge in [-0.2, -0.15) is 0 Å². The third-order valence-electron chi connectivity index (χ3n) is 2.31. The Morgan fingerprint density at radius 1 is 1.11 bits per heavy atom. The van der Waals surface area contributed by atoms with Crippen LogP contribution >= 0.6 is 11.6 Å². The van der Waals surface area contributed by atoms with E-state index < -0.39 is 9.84 Å². The highest BCUT2D eigenvalue weighted by Crippen LogP contribution is 2.27. The van der Waals surface area contributed by atoms with Crippen molar-refractivity contribution in [3.63, 3.8) is 0 Å². The highest BCUT2D eigenvalue weighted by molar-refractivity contribution is 7.91. The van der Waals surface area contributed by atoms with Crippen molar-refractivity contribution in [1.82, 2.24) is 4.98 Å². The van der Waals surface area contributed by atoms with Crippen molar-refractivity contribution in [2.75, 3.05) is 0 Å². The summed E-state index contributed by atoms with van der Waals surface area (Å²) in [5.74, 6) is 0. The van der Waals surface area contributed by atoms with E-state index in [0.717, 1.165) is 0 Å². The predicted octanol–water partition coefficient (Wildman–Crippen LogP) is 2.38. The molecule has 0 unspecified atom stereocenters. The Morgan fingerprint density at radius 2 is 1.83 bits per heavy atom. The fourth-order valence-corrected chi connectivity index (χ4v) is 3.34. The minimum atomic E-state index is -3.89. The molecule has 92 valence electrons. The van der Waals surface area contributed by atoms with Gasteiger partial charge in [-0.1, -0.05) is 23.7 Å². The van der Waals surface area contributed by atoms with E-state index >= 15 is 0 Å². The molecule has 1 heterocycles. The lowest BCUT2D eigenvalue weighted by Crippen LogP contribution is -2.08. The topological polar surface area (TPSA) is 64.1 Å². The molecular formula is C12H8ClNO3S. The Balaban J connectivity index is 2.70. The molecule has 1 aromatic heterocycles. The van der Waals surface area contributed by atoms with Gasteiger partial charge in [-0.05, 0) is 24.3 Å². The normalized spacial score (nSPS) is 11.2. The first-order valence-corrected chi connectivity index (χ1v) is 6.83. The Hall–Kier alpha value is -1.72. The smallest absolute Gasteiger partial charge is 0.226 e. The summed E-state index contributed by atoms with van der Waals surface area (Å²) in [7, 11) is -3.89. The van der Waals surface area contributed by atoms with Crippen LogP contribution in [0.1, 0.15) is 10.4 Å². The van der Waals surface area contributed by atoms with E-state index in [2.05, 4.69) is 4.98 Å². The van der Waals surface area contributed by atoms with Crippen molar-refractivity contribution in [3.8, 4) is 0 Å². The van der Waals surface area contributed by atoms with E-state index in [4.69, 9.17) is 11.6 Å². The molecule has 0 bridgehead atoms. The average molecular weight is 282 g/mol. The molecule has 0 aliphatic carbocycles. The fraction of sp³-hybridized carbons (Fsp3) is 0. The van der Waals surface area contributed by atoms with Gasteiger partial charge in [-0.15, -0.1) is 0 Å². The summed E-state index contributed by atoms with van der Waals surface area (Å²) in [4.78, 5) is 14.6. The molecule has 0 radical (unpaired) electrons. The molecule has 0 atom stereocenters.